The van der Waals surface area contributed by atoms with E-state index in [1.807, 2.05) is 6.92 Å². The van der Waals surface area contributed by atoms with E-state index in [0.717, 1.165) is 12.8 Å². The van der Waals surface area contributed by atoms with Crippen LogP contribution in [0.4, 0.5) is 0 Å². The second kappa shape index (κ2) is 7.61. The van der Waals surface area contributed by atoms with E-state index in [1.54, 1.807) is 32.2 Å². The first kappa shape index (κ1) is 15.3. The molecule has 1 aromatic rings. The van der Waals surface area contributed by atoms with E-state index in [-0.39, 0.29) is 11.3 Å². The van der Waals surface area contributed by atoms with E-state index >= 15 is 0 Å². The number of carbonyl (C=O) groups is 1. The Kier molecular flexibility index (Phi) is 6.12. The average Bonchev–Trinajstić information content (AvgIpc) is 2.41. The van der Waals surface area contributed by atoms with Crippen LogP contribution >= 0.6 is 0 Å². The minimum Gasteiger partial charge on any atom is -0.488 e. The highest BCUT2D eigenvalue weighted by atomic mass is 16.5. The van der Waals surface area contributed by atoms with Crippen molar-refractivity contribution in [3.63, 3.8) is 0 Å². The van der Waals surface area contributed by atoms with Gasteiger partial charge in [-0.2, -0.15) is 0 Å². The molecule has 0 aromatic carbocycles. The molecule has 0 aliphatic rings. The highest BCUT2D eigenvalue weighted by Crippen LogP contribution is 2.09. The molecule has 1 unspecified atom stereocenters. The van der Waals surface area contributed by atoms with Crippen LogP contribution in [0.3, 0.4) is 0 Å². The fraction of sp³-hybridized carbons (Fsp3) is 0.571. The topological polar surface area (TPSA) is 57.5 Å². The number of unbranched alkanes of at least 4 members (excludes halogenated alkanes) is 1. The molecule has 0 bridgehead atoms. The van der Waals surface area contributed by atoms with E-state index in [9.17, 15) is 9.59 Å². The summed E-state index contributed by atoms with van der Waals surface area (Å²) >= 11 is 0. The monoisotopic (exact) mass is 267 g/mol. The van der Waals surface area contributed by atoms with Gasteiger partial charge >= 0.3 is 5.97 Å². The Bertz CT molecular complexity index is 467. The minimum absolute atomic E-state index is 0.248. The molecule has 19 heavy (non-hydrogen) atoms. The van der Waals surface area contributed by atoms with Crippen LogP contribution in [0.25, 0.3) is 0 Å². The maximum absolute atomic E-state index is 12.1. The first-order valence-corrected chi connectivity index (χ1v) is 6.62. The quantitative estimate of drug-likeness (QED) is 0.561. The third-order valence-corrected chi connectivity index (χ3v) is 2.74. The zero-order valence-corrected chi connectivity index (χ0v) is 11.7. The number of nitrogens with zero attached hydrogens (tertiary/aromatic N) is 1. The van der Waals surface area contributed by atoms with Crippen LogP contribution < -0.4 is 10.3 Å². The lowest BCUT2D eigenvalue weighted by Gasteiger charge is -2.15. The van der Waals surface area contributed by atoms with Gasteiger partial charge < -0.3 is 9.47 Å². The van der Waals surface area contributed by atoms with E-state index in [1.165, 1.54) is 4.57 Å². The first-order chi connectivity index (χ1) is 9.11. The predicted molar refractivity (Wildman–Crippen MR) is 72.4 cm³/mol. The SMILES string of the molecule is CCCCOC(=O)C(C)n1cccc(OCC)c1=O. The largest absolute Gasteiger partial charge is 0.488 e. The molecule has 5 nitrogen and oxygen atoms in total. The number of ether oxygens (including phenoxy) is 2. The number of hydrogen-bond acceptors (Lipinski definition) is 4. The molecule has 0 amide bonds. The number of rotatable bonds is 7. The van der Waals surface area contributed by atoms with Crippen LogP contribution in [0.15, 0.2) is 23.1 Å². The maximum atomic E-state index is 12.1. The van der Waals surface area contributed by atoms with Gasteiger partial charge in [-0.05, 0) is 32.4 Å². The maximum Gasteiger partial charge on any atom is 0.328 e. The molecule has 0 saturated carbocycles. The summed E-state index contributed by atoms with van der Waals surface area (Å²) in [4.78, 5) is 23.9. The smallest absolute Gasteiger partial charge is 0.328 e. The van der Waals surface area contributed by atoms with Gasteiger partial charge in [-0.1, -0.05) is 13.3 Å². The Balaban J connectivity index is 2.81. The normalized spacial score (nSPS) is 11.9. The van der Waals surface area contributed by atoms with Crippen molar-refractivity contribution in [2.75, 3.05) is 13.2 Å². The predicted octanol–water partition coefficient (Wildman–Crippen LogP) is 2.15. The highest BCUT2D eigenvalue weighted by molar-refractivity contribution is 5.73. The van der Waals surface area contributed by atoms with Crippen LogP contribution in [0.5, 0.6) is 5.75 Å². The molecule has 0 saturated heterocycles. The molecule has 1 rings (SSSR count). The standard InChI is InChI=1S/C14H21NO4/c1-4-6-10-19-14(17)11(3)15-9-7-8-12(13(15)16)18-5-2/h7-9,11H,4-6,10H2,1-3H3. The van der Waals surface area contributed by atoms with Gasteiger partial charge in [0.2, 0.25) is 0 Å². The fourth-order valence-corrected chi connectivity index (χ4v) is 1.61. The van der Waals surface area contributed by atoms with E-state index in [0.29, 0.717) is 13.2 Å². The Morgan fingerprint density at radius 3 is 2.79 bits per heavy atom. The van der Waals surface area contributed by atoms with Crippen molar-refractivity contribution in [3.8, 4) is 5.75 Å². The summed E-state index contributed by atoms with van der Waals surface area (Å²) < 4.78 is 11.7. The average molecular weight is 267 g/mol. The summed E-state index contributed by atoms with van der Waals surface area (Å²) in [5.74, 6) is -0.151. The van der Waals surface area contributed by atoms with Gasteiger partial charge in [0.1, 0.15) is 6.04 Å². The summed E-state index contributed by atoms with van der Waals surface area (Å²) in [5, 5.41) is 0. The molecule has 0 aliphatic heterocycles. The van der Waals surface area contributed by atoms with E-state index < -0.39 is 12.0 Å². The molecular formula is C14H21NO4. The zero-order valence-electron chi connectivity index (χ0n) is 11.7. The van der Waals surface area contributed by atoms with Crippen molar-refractivity contribution >= 4 is 5.97 Å². The van der Waals surface area contributed by atoms with Gasteiger partial charge in [-0.15, -0.1) is 0 Å². The lowest BCUT2D eigenvalue weighted by atomic mass is 10.3. The summed E-state index contributed by atoms with van der Waals surface area (Å²) in [6.07, 6.45) is 3.35. The molecule has 0 fully saturated rings. The Morgan fingerprint density at radius 1 is 1.42 bits per heavy atom. The second-order valence-electron chi connectivity index (χ2n) is 4.21. The van der Waals surface area contributed by atoms with Gasteiger partial charge in [-0.25, -0.2) is 4.79 Å². The lowest BCUT2D eigenvalue weighted by molar-refractivity contribution is -0.147. The lowest BCUT2D eigenvalue weighted by Crippen LogP contribution is -2.29. The highest BCUT2D eigenvalue weighted by Gasteiger charge is 2.18. The molecular weight excluding hydrogens is 246 g/mol. The molecule has 5 heteroatoms. The van der Waals surface area contributed by atoms with Crippen molar-refractivity contribution in [2.45, 2.75) is 39.7 Å². The van der Waals surface area contributed by atoms with Gasteiger partial charge in [0.05, 0.1) is 13.2 Å². The third kappa shape index (κ3) is 4.12. The molecule has 1 atom stereocenters. The first-order valence-electron chi connectivity index (χ1n) is 6.62. The van der Waals surface area contributed by atoms with Gasteiger partial charge in [0.15, 0.2) is 5.75 Å². The van der Waals surface area contributed by atoms with Gasteiger partial charge in [0.25, 0.3) is 5.56 Å². The Labute approximate surface area is 113 Å². The van der Waals surface area contributed by atoms with E-state index in [2.05, 4.69) is 0 Å². The number of aromatic nitrogens is 1. The van der Waals surface area contributed by atoms with Crippen LogP contribution in [-0.2, 0) is 9.53 Å². The van der Waals surface area contributed by atoms with Crippen molar-refractivity contribution < 1.29 is 14.3 Å². The van der Waals surface area contributed by atoms with Crippen LogP contribution in [0, 0.1) is 0 Å². The van der Waals surface area contributed by atoms with E-state index in [4.69, 9.17) is 9.47 Å². The molecule has 0 radical (unpaired) electrons. The van der Waals surface area contributed by atoms with Crippen molar-refractivity contribution in [3.05, 3.63) is 28.7 Å². The van der Waals surface area contributed by atoms with Crippen LogP contribution in [-0.4, -0.2) is 23.8 Å². The molecule has 1 heterocycles. The molecule has 0 aliphatic carbocycles. The second-order valence-corrected chi connectivity index (χ2v) is 4.21. The van der Waals surface area contributed by atoms with Crippen molar-refractivity contribution in [2.24, 2.45) is 0 Å². The Hall–Kier alpha value is -1.78. The summed E-state index contributed by atoms with van der Waals surface area (Å²) in [6, 6.07) is 2.63. The molecule has 0 N–H and O–H groups in total. The zero-order chi connectivity index (χ0) is 14.3. The van der Waals surface area contributed by atoms with Crippen molar-refractivity contribution in [1.82, 2.24) is 4.57 Å². The number of esters is 1. The van der Waals surface area contributed by atoms with Crippen molar-refractivity contribution in [1.29, 1.82) is 0 Å². The van der Waals surface area contributed by atoms with Gasteiger partial charge in [0, 0.05) is 6.20 Å². The Morgan fingerprint density at radius 2 is 2.16 bits per heavy atom. The number of hydrogen-bond donors (Lipinski definition) is 0. The molecule has 106 valence electrons. The third-order valence-electron chi connectivity index (χ3n) is 2.74. The number of carbonyl (C=O) groups excluding carboxylic acids is 1. The van der Waals surface area contributed by atoms with Crippen LogP contribution in [0.1, 0.15) is 39.7 Å². The molecule has 0 spiro atoms. The summed E-state index contributed by atoms with van der Waals surface area (Å²) in [7, 11) is 0. The fourth-order valence-electron chi connectivity index (χ4n) is 1.61. The minimum atomic E-state index is -0.648. The summed E-state index contributed by atoms with van der Waals surface area (Å²) in [6.45, 7) is 6.27. The van der Waals surface area contributed by atoms with Crippen LogP contribution in [0.2, 0.25) is 0 Å². The summed E-state index contributed by atoms with van der Waals surface area (Å²) in [5.41, 5.74) is -0.315. The number of pyridine rings is 1. The molecule has 1 aromatic heterocycles. The van der Waals surface area contributed by atoms with Gasteiger partial charge in [-0.3, -0.25) is 9.36 Å².